The molecule has 2 rings (SSSR count). The van der Waals surface area contributed by atoms with E-state index in [0.29, 0.717) is 18.4 Å². The standard InChI is InChI=1S/C13H16BrN5O/c1-20-7-6-9-4-2-3-5-11(9)17-12-10(14)8-16-13(18-12)19-15/h2-5,8H,6-7,15H2,1H3,(H2,16,17,18,19). The van der Waals surface area contributed by atoms with E-state index in [1.807, 2.05) is 18.2 Å². The van der Waals surface area contributed by atoms with Crippen LogP contribution in [0.3, 0.4) is 0 Å². The summed E-state index contributed by atoms with van der Waals surface area (Å²) in [5.41, 5.74) is 4.56. The third-order valence-electron chi connectivity index (χ3n) is 2.72. The van der Waals surface area contributed by atoms with Crippen LogP contribution in [0, 0.1) is 0 Å². The number of aromatic nitrogens is 2. The van der Waals surface area contributed by atoms with Crippen molar-refractivity contribution in [1.82, 2.24) is 9.97 Å². The van der Waals surface area contributed by atoms with Crippen LogP contribution in [0.1, 0.15) is 5.56 Å². The summed E-state index contributed by atoms with van der Waals surface area (Å²) < 4.78 is 5.88. The maximum absolute atomic E-state index is 5.32. The lowest BCUT2D eigenvalue weighted by atomic mass is 10.1. The highest BCUT2D eigenvalue weighted by Crippen LogP contribution is 2.26. The number of hydrogen-bond donors (Lipinski definition) is 3. The Morgan fingerprint density at radius 2 is 2.15 bits per heavy atom. The van der Waals surface area contributed by atoms with Crippen LogP contribution in [-0.4, -0.2) is 23.7 Å². The van der Waals surface area contributed by atoms with Gasteiger partial charge in [-0.15, -0.1) is 0 Å². The van der Waals surface area contributed by atoms with E-state index in [2.05, 4.69) is 42.7 Å². The number of nitrogens with two attached hydrogens (primary N) is 1. The highest BCUT2D eigenvalue weighted by molar-refractivity contribution is 9.10. The van der Waals surface area contributed by atoms with Crippen LogP contribution in [0.4, 0.5) is 17.5 Å². The molecule has 106 valence electrons. The van der Waals surface area contributed by atoms with Crippen LogP contribution in [0.2, 0.25) is 0 Å². The van der Waals surface area contributed by atoms with E-state index in [4.69, 9.17) is 10.6 Å². The fraction of sp³-hybridized carbons (Fsp3) is 0.231. The molecule has 0 aliphatic carbocycles. The lowest BCUT2D eigenvalue weighted by molar-refractivity contribution is 0.202. The third kappa shape index (κ3) is 3.66. The van der Waals surface area contributed by atoms with E-state index in [1.54, 1.807) is 13.3 Å². The fourth-order valence-corrected chi connectivity index (χ4v) is 2.01. The van der Waals surface area contributed by atoms with Gasteiger partial charge >= 0.3 is 0 Å². The molecule has 0 fully saturated rings. The molecule has 1 heterocycles. The van der Waals surface area contributed by atoms with E-state index < -0.39 is 0 Å². The van der Waals surface area contributed by atoms with E-state index in [1.165, 1.54) is 0 Å². The van der Waals surface area contributed by atoms with Gasteiger partial charge in [0.05, 0.1) is 11.1 Å². The summed E-state index contributed by atoms with van der Waals surface area (Å²) in [5.74, 6) is 6.33. The zero-order valence-electron chi connectivity index (χ0n) is 11.1. The number of halogens is 1. The number of benzene rings is 1. The van der Waals surface area contributed by atoms with E-state index in [-0.39, 0.29) is 0 Å². The second-order valence-electron chi connectivity index (χ2n) is 4.06. The fourth-order valence-electron chi connectivity index (χ4n) is 1.72. The van der Waals surface area contributed by atoms with Gasteiger partial charge in [0.1, 0.15) is 5.82 Å². The number of hydrazine groups is 1. The van der Waals surface area contributed by atoms with Crippen LogP contribution in [0.15, 0.2) is 34.9 Å². The zero-order chi connectivity index (χ0) is 14.4. The average Bonchev–Trinajstić information content (AvgIpc) is 2.48. The molecule has 7 heteroatoms. The first kappa shape index (κ1) is 14.7. The lowest BCUT2D eigenvalue weighted by Crippen LogP contribution is -2.11. The number of nitrogens with one attached hydrogen (secondary N) is 2. The molecule has 0 bridgehead atoms. The van der Waals surface area contributed by atoms with Crippen molar-refractivity contribution < 1.29 is 4.74 Å². The first-order chi connectivity index (χ1) is 9.74. The van der Waals surface area contributed by atoms with E-state index in [0.717, 1.165) is 22.1 Å². The van der Waals surface area contributed by atoms with Crippen LogP contribution in [0.25, 0.3) is 0 Å². The Bertz CT molecular complexity index is 578. The molecular formula is C13H16BrN5O. The summed E-state index contributed by atoms with van der Waals surface area (Å²) in [5, 5.41) is 3.28. The summed E-state index contributed by atoms with van der Waals surface area (Å²) in [4.78, 5) is 8.29. The predicted octanol–water partition coefficient (Wildman–Crippen LogP) is 2.46. The zero-order valence-corrected chi connectivity index (χ0v) is 12.6. The smallest absolute Gasteiger partial charge is 0.239 e. The van der Waals surface area contributed by atoms with Crippen LogP contribution < -0.4 is 16.6 Å². The molecule has 1 aromatic heterocycles. The molecular weight excluding hydrogens is 322 g/mol. The molecule has 1 aromatic carbocycles. The lowest BCUT2D eigenvalue weighted by Gasteiger charge is -2.12. The topological polar surface area (TPSA) is 85.1 Å². The number of anilines is 3. The van der Waals surface area contributed by atoms with Gasteiger partial charge in [0, 0.05) is 19.0 Å². The molecule has 0 amide bonds. The van der Waals surface area contributed by atoms with E-state index >= 15 is 0 Å². The minimum absolute atomic E-state index is 0.352. The van der Waals surface area contributed by atoms with Crippen molar-refractivity contribution in [1.29, 1.82) is 0 Å². The number of ether oxygens (including phenoxy) is 1. The largest absolute Gasteiger partial charge is 0.384 e. The summed E-state index contributed by atoms with van der Waals surface area (Å²) >= 11 is 3.41. The average molecular weight is 338 g/mol. The van der Waals surface area contributed by atoms with Gasteiger partial charge in [-0.05, 0) is 34.0 Å². The van der Waals surface area contributed by atoms with Gasteiger partial charge < -0.3 is 10.1 Å². The van der Waals surface area contributed by atoms with Gasteiger partial charge in [0.15, 0.2) is 0 Å². The Labute approximate surface area is 125 Å². The normalized spacial score (nSPS) is 10.3. The molecule has 4 N–H and O–H groups in total. The number of para-hydroxylation sites is 1. The Kier molecular flexibility index (Phi) is 5.28. The molecule has 0 unspecified atom stereocenters. The number of nitrogens with zero attached hydrogens (tertiary/aromatic N) is 2. The number of nitrogen functional groups attached to an aromatic ring is 1. The SMILES string of the molecule is COCCc1ccccc1Nc1nc(NN)ncc1Br. The molecule has 0 saturated heterocycles. The highest BCUT2D eigenvalue weighted by atomic mass is 79.9. The van der Waals surface area contributed by atoms with Crippen LogP contribution in [-0.2, 0) is 11.2 Å². The minimum Gasteiger partial charge on any atom is -0.384 e. The highest BCUT2D eigenvalue weighted by Gasteiger charge is 2.07. The first-order valence-corrected chi connectivity index (χ1v) is 6.87. The predicted molar refractivity (Wildman–Crippen MR) is 82.8 cm³/mol. The van der Waals surface area contributed by atoms with Crippen LogP contribution >= 0.6 is 15.9 Å². The van der Waals surface area contributed by atoms with Crippen LogP contribution in [0.5, 0.6) is 0 Å². The second-order valence-corrected chi connectivity index (χ2v) is 4.91. The molecule has 0 spiro atoms. The van der Waals surface area contributed by atoms with Crippen molar-refractivity contribution in [3.8, 4) is 0 Å². The maximum atomic E-state index is 5.32. The Morgan fingerprint density at radius 1 is 1.35 bits per heavy atom. The summed E-state index contributed by atoms with van der Waals surface area (Å²) in [6.07, 6.45) is 2.46. The summed E-state index contributed by atoms with van der Waals surface area (Å²) in [6.45, 7) is 0.666. The maximum Gasteiger partial charge on any atom is 0.239 e. The minimum atomic E-state index is 0.352. The van der Waals surface area contributed by atoms with Crippen molar-refractivity contribution >= 4 is 33.4 Å². The molecule has 0 saturated carbocycles. The third-order valence-corrected chi connectivity index (χ3v) is 3.30. The molecule has 0 aliphatic heterocycles. The summed E-state index contributed by atoms with van der Waals surface area (Å²) in [7, 11) is 1.69. The first-order valence-electron chi connectivity index (χ1n) is 6.07. The molecule has 0 atom stereocenters. The number of methoxy groups -OCH3 is 1. The summed E-state index contributed by atoms with van der Waals surface area (Å²) in [6, 6.07) is 8.02. The van der Waals surface area contributed by atoms with E-state index in [9.17, 15) is 0 Å². The van der Waals surface area contributed by atoms with Crippen molar-refractivity contribution in [2.45, 2.75) is 6.42 Å². The van der Waals surface area contributed by atoms with Crippen molar-refractivity contribution in [3.63, 3.8) is 0 Å². The Balaban J connectivity index is 2.25. The molecule has 2 aromatic rings. The molecule has 0 radical (unpaired) electrons. The second kappa shape index (κ2) is 7.18. The van der Waals surface area contributed by atoms with Gasteiger partial charge in [-0.3, -0.25) is 5.43 Å². The quantitative estimate of drug-likeness (QED) is 0.554. The molecule has 0 aliphatic rings. The molecule has 20 heavy (non-hydrogen) atoms. The Morgan fingerprint density at radius 3 is 2.90 bits per heavy atom. The van der Waals surface area contributed by atoms with Crippen molar-refractivity contribution in [3.05, 3.63) is 40.5 Å². The Hall–Kier alpha value is -1.70. The van der Waals surface area contributed by atoms with Gasteiger partial charge in [0.25, 0.3) is 0 Å². The van der Waals surface area contributed by atoms with Gasteiger partial charge in [-0.2, -0.15) is 4.98 Å². The van der Waals surface area contributed by atoms with Gasteiger partial charge in [-0.25, -0.2) is 10.8 Å². The number of hydrogen-bond acceptors (Lipinski definition) is 6. The van der Waals surface area contributed by atoms with Crippen molar-refractivity contribution in [2.24, 2.45) is 5.84 Å². The van der Waals surface area contributed by atoms with Crippen molar-refractivity contribution in [2.75, 3.05) is 24.5 Å². The number of rotatable bonds is 6. The monoisotopic (exact) mass is 337 g/mol. The van der Waals surface area contributed by atoms with Gasteiger partial charge in [-0.1, -0.05) is 18.2 Å². The van der Waals surface area contributed by atoms with Gasteiger partial charge in [0.2, 0.25) is 5.95 Å². The molecule has 6 nitrogen and oxygen atoms in total.